The van der Waals surface area contributed by atoms with Crippen LogP contribution in [0.25, 0.3) is 0 Å². The summed E-state index contributed by atoms with van der Waals surface area (Å²) in [7, 11) is 0. The summed E-state index contributed by atoms with van der Waals surface area (Å²) in [6, 6.07) is 8.60. The van der Waals surface area contributed by atoms with Crippen molar-refractivity contribution in [2.45, 2.75) is 33.9 Å². The summed E-state index contributed by atoms with van der Waals surface area (Å²) in [6.07, 6.45) is 4.03. The van der Waals surface area contributed by atoms with Gasteiger partial charge in [0.2, 0.25) is 0 Å². The van der Waals surface area contributed by atoms with Gasteiger partial charge in [-0.1, -0.05) is 43.7 Å². The summed E-state index contributed by atoms with van der Waals surface area (Å²) in [5, 5.41) is 3.41. The number of nitrogens with zero attached hydrogens (tertiary/aromatic N) is 2. The van der Waals surface area contributed by atoms with E-state index in [0.29, 0.717) is 5.92 Å². The van der Waals surface area contributed by atoms with Crippen molar-refractivity contribution in [1.82, 2.24) is 14.9 Å². The van der Waals surface area contributed by atoms with Crippen molar-refractivity contribution >= 4 is 0 Å². The van der Waals surface area contributed by atoms with Crippen LogP contribution >= 0.6 is 0 Å². The average Bonchev–Trinajstić information content (AvgIpc) is 2.76. The van der Waals surface area contributed by atoms with E-state index < -0.39 is 0 Å². The number of nitrogens with one attached hydrogen (secondary N) is 1. The minimum Gasteiger partial charge on any atom is -0.333 e. The maximum absolute atomic E-state index is 4.43. The monoisotopic (exact) mass is 257 g/mol. The van der Waals surface area contributed by atoms with Crippen molar-refractivity contribution in [3.05, 3.63) is 53.6 Å². The van der Waals surface area contributed by atoms with Crippen LogP contribution in [0.1, 0.15) is 30.7 Å². The molecule has 3 heteroatoms. The topological polar surface area (TPSA) is 29.9 Å². The Bertz CT molecular complexity index is 514. The summed E-state index contributed by atoms with van der Waals surface area (Å²) < 4.78 is 2.14. The molecule has 0 fully saturated rings. The third kappa shape index (κ3) is 4.52. The fourth-order valence-electron chi connectivity index (χ4n) is 2.09. The van der Waals surface area contributed by atoms with E-state index >= 15 is 0 Å². The van der Waals surface area contributed by atoms with Crippen LogP contribution in [0.3, 0.4) is 0 Å². The molecule has 0 aliphatic heterocycles. The molecule has 0 aliphatic rings. The van der Waals surface area contributed by atoms with Crippen LogP contribution in [0.15, 0.2) is 36.8 Å². The highest BCUT2D eigenvalue weighted by molar-refractivity contribution is 5.22. The SMILES string of the molecule is Cc1cccc(Cn2cnc(CNCC(C)C)c2)c1. The number of rotatable bonds is 6. The Kier molecular flexibility index (Phi) is 4.74. The van der Waals surface area contributed by atoms with E-state index in [1.807, 2.05) is 6.33 Å². The molecule has 0 saturated heterocycles. The first-order valence-electron chi connectivity index (χ1n) is 6.90. The molecule has 102 valence electrons. The molecule has 1 aromatic heterocycles. The Balaban J connectivity index is 1.90. The molecule has 0 amide bonds. The van der Waals surface area contributed by atoms with Crippen molar-refractivity contribution in [2.24, 2.45) is 5.92 Å². The lowest BCUT2D eigenvalue weighted by atomic mass is 10.1. The van der Waals surface area contributed by atoms with Crippen LogP contribution < -0.4 is 5.32 Å². The van der Waals surface area contributed by atoms with Gasteiger partial charge in [-0.05, 0) is 24.9 Å². The lowest BCUT2D eigenvalue weighted by Gasteiger charge is -2.05. The van der Waals surface area contributed by atoms with Crippen molar-refractivity contribution in [1.29, 1.82) is 0 Å². The van der Waals surface area contributed by atoms with E-state index in [0.717, 1.165) is 25.3 Å². The molecule has 2 rings (SSSR count). The molecule has 2 aromatic rings. The molecule has 0 saturated carbocycles. The van der Waals surface area contributed by atoms with Gasteiger partial charge in [0.15, 0.2) is 0 Å². The highest BCUT2D eigenvalue weighted by atomic mass is 15.0. The predicted molar refractivity (Wildman–Crippen MR) is 79.1 cm³/mol. The van der Waals surface area contributed by atoms with Gasteiger partial charge >= 0.3 is 0 Å². The van der Waals surface area contributed by atoms with Gasteiger partial charge in [0.25, 0.3) is 0 Å². The molecule has 3 nitrogen and oxygen atoms in total. The largest absolute Gasteiger partial charge is 0.333 e. The Labute approximate surface area is 115 Å². The van der Waals surface area contributed by atoms with E-state index in [2.05, 4.69) is 66.1 Å². The Morgan fingerprint density at radius 2 is 2.16 bits per heavy atom. The van der Waals surface area contributed by atoms with Crippen LogP contribution in [0, 0.1) is 12.8 Å². The average molecular weight is 257 g/mol. The maximum atomic E-state index is 4.43. The molecule has 1 N–H and O–H groups in total. The van der Waals surface area contributed by atoms with Crippen molar-refractivity contribution in [2.75, 3.05) is 6.54 Å². The van der Waals surface area contributed by atoms with E-state index in [1.54, 1.807) is 0 Å². The number of hydrogen-bond acceptors (Lipinski definition) is 2. The number of hydrogen-bond donors (Lipinski definition) is 1. The second kappa shape index (κ2) is 6.53. The molecule has 1 aromatic carbocycles. The Morgan fingerprint density at radius 1 is 1.32 bits per heavy atom. The Hall–Kier alpha value is -1.61. The van der Waals surface area contributed by atoms with Gasteiger partial charge in [0, 0.05) is 19.3 Å². The van der Waals surface area contributed by atoms with Crippen molar-refractivity contribution in [3.8, 4) is 0 Å². The van der Waals surface area contributed by atoms with Crippen LogP contribution in [0.4, 0.5) is 0 Å². The second-order valence-electron chi connectivity index (χ2n) is 5.55. The molecule has 0 unspecified atom stereocenters. The summed E-state index contributed by atoms with van der Waals surface area (Å²) in [6.45, 7) is 9.31. The molecule has 0 atom stereocenters. The van der Waals surface area contributed by atoms with E-state index in [1.165, 1.54) is 11.1 Å². The van der Waals surface area contributed by atoms with Crippen LogP contribution in [0.2, 0.25) is 0 Å². The third-order valence-corrected chi connectivity index (χ3v) is 2.99. The van der Waals surface area contributed by atoms with Crippen LogP contribution in [0.5, 0.6) is 0 Å². The summed E-state index contributed by atoms with van der Waals surface area (Å²) in [5.74, 6) is 0.675. The first kappa shape index (κ1) is 13.8. The number of aromatic nitrogens is 2. The summed E-state index contributed by atoms with van der Waals surface area (Å²) in [4.78, 5) is 4.43. The highest BCUT2D eigenvalue weighted by Crippen LogP contribution is 2.07. The van der Waals surface area contributed by atoms with Gasteiger partial charge in [-0.2, -0.15) is 0 Å². The summed E-state index contributed by atoms with van der Waals surface area (Å²) >= 11 is 0. The fourth-order valence-corrected chi connectivity index (χ4v) is 2.09. The van der Waals surface area contributed by atoms with Gasteiger partial charge in [0.05, 0.1) is 12.0 Å². The lowest BCUT2D eigenvalue weighted by molar-refractivity contribution is 0.548. The first-order valence-corrected chi connectivity index (χ1v) is 6.90. The van der Waals surface area contributed by atoms with Gasteiger partial charge in [-0.25, -0.2) is 4.98 Å². The Morgan fingerprint density at radius 3 is 2.89 bits per heavy atom. The third-order valence-electron chi connectivity index (χ3n) is 2.99. The maximum Gasteiger partial charge on any atom is 0.0953 e. The molecule has 1 heterocycles. The van der Waals surface area contributed by atoms with E-state index in [4.69, 9.17) is 0 Å². The summed E-state index contributed by atoms with van der Waals surface area (Å²) in [5.41, 5.74) is 3.73. The molecular weight excluding hydrogens is 234 g/mol. The molecule has 0 spiro atoms. The molecule has 0 bridgehead atoms. The quantitative estimate of drug-likeness (QED) is 0.862. The minimum absolute atomic E-state index is 0.675. The zero-order valence-electron chi connectivity index (χ0n) is 12.1. The predicted octanol–water partition coefficient (Wildman–Crippen LogP) is 2.99. The van der Waals surface area contributed by atoms with Gasteiger partial charge in [0.1, 0.15) is 0 Å². The first-order chi connectivity index (χ1) is 9.13. The lowest BCUT2D eigenvalue weighted by Crippen LogP contribution is -2.19. The standard InChI is InChI=1S/C16H23N3/c1-13(2)8-17-9-16-11-19(12-18-16)10-15-6-4-5-14(3)7-15/h4-7,11-13,17H,8-10H2,1-3H3. The zero-order valence-corrected chi connectivity index (χ0v) is 12.1. The smallest absolute Gasteiger partial charge is 0.0953 e. The van der Waals surface area contributed by atoms with Gasteiger partial charge in [-0.15, -0.1) is 0 Å². The van der Waals surface area contributed by atoms with Crippen LogP contribution in [-0.4, -0.2) is 16.1 Å². The van der Waals surface area contributed by atoms with Gasteiger partial charge in [-0.3, -0.25) is 0 Å². The van der Waals surface area contributed by atoms with E-state index in [-0.39, 0.29) is 0 Å². The van der Waals surface area contributed by atoms with Crippen molar-refractivity contribution in [3.63, 3.8) is 0 Å². The van der Waals surface area contributed by atoms with Crippen LogP contribution in [-0.2, 0) is 13.1 Å². The molecular formula is C16H23N3. The normalized spacial score (nSPS) is 11.2. The van der Waals surface area contributed by atoms with Crippen molar-refractivity contribution < 1.29 is 0 Å². The van der Waals surface area contributed by atoms with Gasteiger partial charge < -0.3 is 9.88 Å². The zero-order chi connectivity index (χ0) is 13.7. The number of imidazole rings is 1. The fraction of sp³-hybridized carbons (Fsp3) is 0.438. The van der Waals surface area contributed by atoms with E-state index in [9.17, 15) is 0 Å². The number of aryl methyl sites for hydroxylation is 1. The molecule has 0 aliphatic carbocycles. The minimum atomic E-state index is 0.675. The second-order valence-corrected chi connectivity index (χ2v) is 5.55. The highest BCUT2D eigenvalue weighted by Gasteiger charge is 2.01. The molecule has 0 radical (unpaired) electrons. The number of benzene rings is 1. The molecule has 19 heavy (non-hydrogen) atoms.